The quantitative estimate of drug-likeness (QED) is 0.641. The smallest absolute Gasteiger partial charge is 0.167 e. The van der Waals surface area contributed by atoms with E-state index in [1.807, 2.05) is 6.92 Å². The number of nitrogens with two attached hydrogens (primary N) is 1. The molecule has 0 saturated carbocycles. The van der Waals surface area contributed by atoms with Crippen LogP contribution in [-0.2, 0) is 0 Å². The number of nitrogens with zero attached hydrogens (tertiary/aromatic N) is 1. The Bertz CT molecular complexity index is 415. The molecule has 0 radical (unpaired) electrons. The molecule has 0 aliphatic heterocycles. The number of halogens is 1. The van der Waals surface area contributed by atoms with Crippen molar-refractivity contribution in [2.24, 2.45) is 0 Å². The third-order valence-electron chi connectivity index (χ3n) is 3.45. The number of anilines is 2. The zero-order chi connectivity index (χ0) is 15.7. The molecule has 0 amide bonds. The van der Waals surface area contributed by atoms with Gasteiger partial charge in [0.1, 0.15) is 0 Å². The summed E-state index contributed by atoms with van der Waals surface area (Å²) < 4.78 is 19.4. The first kappa shape index (κ1) is 17.6. The van der Waals surface area contributed by atoms with Gasteiger partial charge in [0, 0.05) is 25.2 Å². The van der Waals surface area contributed by atoms with Crippen molar-refractivity contribution in [1.82, 2.24) is 0 Å². The van der Waals surface area contributed by atoms with Gasteiger partial charge >= 0.3 is 0 Å². The van der Waals surface area contributed by atoms with Gasteiger partial charge in [-0.05, 0) is 19.3 Å². The van der Waals surface area contributed by atoms with Crippen LogP contribution in [0.4, 0.5) is 15.8 Å². The molecule has 0 saturated heterocycles. The van der Waals surface area contributed by atoms with Crippen molar-refractivity contribution < 1.29 is 9.13 Å². The third-order valence-corrected chi connectivity index (χ3v) is 3.45. The van der Waals surface area contributed by atoms with Crippen molar-refractivity contribution >= 4 is 11.4 Å². The van der Waals surface area contributed by atoms with E-state index in [1.165, 1.54) is 6.07 Å². The number of unbranched alkanes of at least 4 members (excludes halogenated alkanes) is 2. The summed E-state index contributed by atoms with van der Waals surface area (Å²) in [5, 5.41) is 0. The fraction of sp³-hybridized carbons (Fsp3) is 0.647. The minimum absolute atomic E-state index is 0.305. The minimum atomic E-state index is -0.379. The number of ether oxygens (including phenoxy) is 1. The molecule has 120 valence electrons. The summed E-state index contributed by atoms with van der Waals surface area (Å²) in [6, 6.07) is 3.14. The van der Waals surface area contributed by atoms with Crippen LogP contribution in [0, 0.1) is 5.82 Å². The minimum Gasteiger partial charge on any atom is -0.490 e. The van der Waals surface area contributed by atoms with Gasteiger partial charge in [0.2, 0.25) is 0 Å². The van der Waals surface area contributed by atoms with E-state index >= 15 is 0 Å². The molecular weight excluding hydrogens is 267 g/mol. The first-order chi connectivity index (χ1) is 10.1. The number of hydrogen-bond donors (Lipinski definition) is 1. The van der Waals surface area contributed by atoms with Gasteiger partial charge in [0.25, 0.3) is 0 Å². The van der Waals surface area contributed by atoms with Crippen LogP contribution in [0.1, 0.15) is 52.9 Å². The molecule has 4 heteroatoms. The lowest BCUT2D eigenvalue weighted by Gasteiger charge is -2.26. The first-order valence-electron chi connectivity index (χ1n) is 8.10. The second-order valence-electron chi connectivity index (χ2n) is 5.38. The molecule has 3 nitrogen and oxygen atoms in total. The summed E-state index contributed by atoms with van der Waals surface area (Å²) in [6.07, 6.45) is 5.32. The van der Waals surface area contributed by atoms with Crippen molar-refractivity contribution in [3.05, 3.63) is 17.9 Å². The van der Waals surface area contributed by atoms with Gasteiger partial charge in [0.05, 0.1) is 18.0 Å². The highest BCUT2D eigenvalue weighted by molar-refractivity contribution is 5.70. The van der Waals surface area contributed by atoms with Gasteiger partial charge < -0.3 is 15.4 Å². The zero-order valence-corrected chi connectivity index (χ0v) is 13.6. The molecular formula is C17H29FN2O. The van der Waals surface area contributed by atoms with Crippen molar-refractivity contribution in [3.63, 3.8) is 0 Å². The van der Waals surface area contributed by atoms with Gasteiger partial charge in [-0.25, -0.2) is 4.39 Å². The Hall–Kier alpha value is -1.45. The van der Waals surface area contributed by atoms with Crippen LogP contribution in [0.15, 0.2) is 12.1 Å². The lowest BCUT2D eigenvalue weighted by Crippen LogP contribution is -2.26. The third kappa shape index (κ3) is 5.44. The molecule has 0 aromatic heterocycles. The van der Waals surface area contributed by atoms with E-state index in [2.05, 4.69) is 18.7 Å². The van der Waals surface area contributed by atoms with Crippen molar-refractivity contribution in [1.29, 1.82) is 0 Å². The van der Waals surface area contributed by atoms with E-state index in [9.17, 15) is 4.39 Å². The Morgan fingerprint density at radius 2 is 1.67 bits per heavy atom. The van der Waals surface area contributed by atoms with E-state index in [1.54, 1.807) is 6.07 Å². The number of rotatable bonds is 10. The van der Waals surface area contributed by atoms with Gasteiger partial charge in [-0.3, -0.25) is 0 Å². The summed E-state index contributed by atoms with van der Waals surface area (Å²) >= 11 is 0. The fourth-order valence-corrected chi connectivity index (χ4v) is 2.21. The molecule has 0 aliphatic rings. The standard InChI is InChI=1S/C17H29FN2O/c1-4-7-9-20(10-8-5-2)16-13-17(21-11-6-3)14(18)12-15(16)19/h12-13H,4-11,19H2,1-3H3. The molecule has 0 spiro atoms. The predicted molar refractivity (Wildman–Crippen MR) is 88.6 cm³/mol. The number of nitrogen functional groups attached to an aromatic ring is 1. The molecule has 0 heterocycles. The molecule has 0 atom stereocenters. The van der Waals surface area contributed by atoms with Crippen LogP contribution in [0.2, 0.25) is 0 Å². The van der Waals surface area contributed by atoms with E-state index < -0.39 is 0 Å². The second kappa shape index (κ2) is 9.48. The average molecular weight is 296 g/mol. The first-order valence-corrected chi connectivity index (χ1v) is 8.10. The van der Waals surface area contributed by atoms with E-state index in [0.717, 1.165) is 50.9 Å². The van der Waals surface area contributed by atoms with Crippen LogP contribution in [0.25, 0.3) is 0 Å². The van der Waals surface area contributed by atoms with Crippen LogP contribution in [-0.4, -0.2) is 19.7 Å². The second-order valence-corrected chi connectivity index (χ2v) is 5.38. The van der Waals surface area contributed by atoms with Crippen molar-refractivity contribution in [2.45, 2.75) is 52.9 Å². The van der Waals surface area contributed by atoms with Gasteiger partial charge in [-0.2, -0.15) is 0 Å². The number of hydrogen-bond acceptors (Lipinski definition) is 3. The zero-order valence-electron chi connectivity index (χ0n) is 13.6. The average Bonchev–Trinajstić information content (AvgIpc) is 2.47. The maximum absolute atomic E-state index is 13.9. The molecule has 1 aromatic rings. The summed E-state index contributed by atoms with van der Waals surface area (Å²) in [5.41, 5.74) is 7.41. The monoisotopic (exact) mass is 296 g/mol. The Morgan fingerprint density at radius 3 is 2.19 bits per heavy atom. The van der Waals surface area contributed by atoms with Gasteiger partial charge in [0.15, 0.2) is 11.6 Å². The Morgan fingerprint density at radius 1 is 1.05 bits per heavy atom. The normalized spacial score (nSPS) is 10.7. The largest absolute Gasteiger partial charge is 0.490 e. The maximum atomic E-state index is 13.9. The lowest BCUT2D eigenvalue weighted by molar-refractivity contribution is 0.301. The van der Waals surface area contributed by atoms with Gasteiger partial charge in [-0.15, -0.1) is 0 Å². The Kier molecular flexibility index (Phi) is 7.95. The highest BCUT2D eigenvalue weighted by Crippen LogP contribution is 2.31. The van der Waals surface area contributed by atoms with E-state index in [4.69, 9.17) is 10.5 Å². The highest BCUT2D eigenvalue weighted by atomic mass is 19.1. The van der Waals surface area contributed by atoms with Crippen LogP contribution in [0.5, 0.6) is 5.75 Å². The van der Waals surface area contributed by atoms with Crippen molar-refractivity contribution in [2.75, 3.05) is 30.3 Å². The molecule has 0 fully saturated rings. The van der Waals surface area contributed by atoms with E-state index in [-0.39, 0.29) is 5.82 Å². The molecule has 0 unspecified atom stereocenters. The molecule has 1 rings (SSSR count). The molecule has 0 aliphatic carbocycles. The summed E-state index contributed by atoms with van der Waals surface area (Å²) in [5.74, 6) is -0.0744. The summed E-state index contributed by atoms with van der Waals surface area (Å²) in [4.78, 5) is 2.25. The fourth-order valence-electron chi connectivity index (χ4n) is 2.21. The van der Waals surface area contributed by atoms with Crippen LogP contribution >= 0.6 is 0 Å². The molecule has 2 N–H and O–H groups in total. The lowest BCUT2D eigenvalue weighted by atomic mass is 10.2. The van der Waals surface area contributed by atoms with Crippen molar-refractivity contribution in [3.8, 4) is 5.75 Å². The Labute approximate surface area is 128 Å². The Balaban J connectivity index is 2.98. The van der Waals surface area contributed by atoms with Gasteiger partial charge in [-0.1, -0.05) is 33.6 Å². The predicted octanol–water partition coefficient (Wildman–Crippen LogP) is 4.60. The molecule has 0 bridgehead atoms. The number of benzene rings is 1. The highest BCUT2D eigenvalue weighted by Gasteiger charge is 2.14. The van der Waals surface area contributed by atoms with Crippen LogP contribution < -0.4 is 15.4 Å². The summed E-state index contributed by atoms with van der Waals surface area (Å²) in [7, 11) is 0. The topological polar surface area (TPSA) is 38.5 Å². The molecule has 21 heavy (non-hydrogen) atoms. The van der Waals surface area contributed by atoms with Crippen LogP contribution in [0.3, 0.4) is 0 Å². The van der Waals surface area contributed by atoms with E-state index in [0.29, 0.717) is 18.0 Å². The maximum Gasteiger partial charge on any atom is 0.167 e. The molecule has 1 aromatic carbocycles. The summed E-state index contributed by atoms with van der Waals surface area (Å²) in [6.45, 7) is 8.75. The SMILES string of the molecule is CCCCN(CCCC)c1cc(OCCC)c(F)cc1N.